The van der Waals surface area contributed by atoms with Crippen LogP contribution in [0.5, 0.6) is 17.2 Å². The van der Waals surface area contributed by atoms with E-state index in [0.29, 0.717) is 30.0 Å². The van der Waals surface area contributed by atoms with Crippen LogP contribution in [0.25, 0.3) is 0 Å². The van der Waals surface area contributed by atoms with Crippen LogP contribution >= 0.6 is 0 Å². The SMILES string of the molecule is CC.O=Cc1ccc(O)c(C=O)c1.O=Cc1ccc(O)c(O)c1. The van der Waals surface area contributed by atoms with Crippen molar-refractivity contribution in [1.82, 2.24) is 0 Å². The number of hydrogen-bond donors (Lipinski definition) is 3. The molecule has 6 nitrogen and oxygen atoms in total. The zero-order valence-electron chi connectivity index (χ0n) is 12.8. The summed E-state index contributed by atoms with van der Waals surface area (Å²) in [7, 11) is 0. The Bertz CT molecular complexity index is 664. The summed E-state index contributed by atoms with van der Waals surface area (Å²) in [6, 6.07) is 7.96. The Labute approximate surface area is 133 Å². The molecule has 0 saturated carbocycles. The van der Waals surface area contributed by atoms with E-state index in [4.69, 9.17) is 15.3 Å². The Morgan fingerprint density at radius 1 is 0.652 bits per heavy atom. The first-order valence-electron chi connectivity index (χ1n) is 6.72. The van der Waals surface area contributed by atoms with Crippen molar-refractivity contribution in [3.63, 3.8) is 0 Å². The fraction of sp³-hybridized carbons (Fsp3) is 0.118. The normalized spacial score (nSPS) is 8.61. The van der Waals surface area contributed by atoms with E-state index in [9.17, 15) is 14.4 Å². The molecule has 0 aromatic heterocycles. The van der Waals surface area contributed by atoms with Gasteiger partial charge in [-0.05, 0) is 36.4 Å². The minimum atomic E-state index is -0.274. The molecule has 0 atom stereocenters. The Hall–Kier alpha value is -3.15. The third kappa shape index (κ3) is 6.43. The van der Waals surface area contributed by atoms with Gasteiger partial charge in [-0.15, -0.1) is 0 Å². The molecule has 0 aliphatic rings. The van der Waals surface area contributed by atoms with Crippen LogP contribution in [0.3, 0.4) is 0 Å². The van der Waals surface area contributed by atoms with Crippen LogP contribution in [-0.2, 0) is 0 Å². The zero-order valence-corrected chi connectivity index (χ0v) is 12.8. The summed E-state index contributed by atoms with van der Waals surface area (Å²) in [4.78, 5) is 30.5. The molecular formula is C17H18O6. The number of carbonyl (C=O) groups is 3. The fourth-order valence-corrected chi connectivity index (χ4v) is 1.35. The molecular weight excluding hydrogens is 300 g/mol. The van der Waals surface area contributed by atoms with Crippen molar-refractivity contribution in [2.24, 2.45) is 0 Å². The molecule has 0 aliphatic carbocycles. The van der Waals surface area contributed by atoms with E-state index >= 15 is 0 Å². The maximum absolute atomic E-state index is 10.2. The highest BCUT2D eigenvalue weighted by Crippen LogP contribution is 2.23. The van der Waals surface area contributed by atoms with Gasteiger partial charge in [0.2, 0.25) is 0 Å². The van der Waals surface area contributed by atoms with E-state index in [0.717, 1.165) is 0 Å². The predicted octanol–water partition coefficient (Wildman–Crippen LogP) is 2.95. The van der Waals surface area contributed by atoms with Crippen LogP contribution in [0.15, 0.2) is 36.4 Å². The highest BCUT2D eigenvalue weighted by atomic mass is 16.3. The first-order chi connectivity index (χ1) is 11.0. The van der Waals surface area contributed by atoms with Crippen LogP contribution in [0.2, 0.25) is 0 Å². The topological polar surface area (TPSA) is 112 Å². The Kier molecular flexibility index (Phi) is 9.11. The lowest BCUT2D eigenvalue weighted by Crippen LogP contribution is -1.85. The highest BCUT2D eigenvalue weighted by molar-refractivity contribution is 5.84. The zero-order chi connectivity index (χ0) is 17.8. The van der Waals surface area contributed by atoms with Gasteiger partial charge in [-0.1, -0.05) is 13.8 Å². The van der Waals surface area contributed by atoms with Gasteiger partial charge in [0.25, 0.3) is 0 Å². The van der Waals surface area contributed by atoms with E-state index < -0.39 is 0 Å². The molecule has 0 radical (unpaired) electrons. The highest BCUT2D eigenvalue weighted by Gasteiger charge is 1.99. The number of benzene rings is 2. The number of hydrogen-bond acceptors (Lipinski definition) is 6. The lowest BCUT2D eigenvalue weighted by molar-refractivity contribution is 0.111. The summed E-state index contributed by atoms with van der Waals surface area (Å²) in [6.45, 7) is 4.00. The van der Waals surface area contributed by atoms with E-state index in [-0.39, 0.29) is 22.8 Å². The molecule has 0 fully saturated rings. The van der Waals surface area contributed by atoms with Crippen LogP contribution < -0.4 is 0 Å². The third-order valence-corrected chi connectivity index (χ3v) is 2.45. The predicted molar refractivity (Wildman–Crippen MR) is 85.4 cm³/mol. The van der Waals surface area contributed by atoms with Crippen LogP contribution in [0.4, 0.5) is 0 Å². The van der Waals surface area contributed by atoms with Crippen molar-refractivity contribution >= 4 is 18.9 Å². The molecule has 122 valence electrons. The number of phenols is 3. The minimum absolute atomic E-state index is 0.106. The van der Waals surface area contributed by atoms with Crippen molar-refractivity contribution in [3.05, 3.63) is 53.1 Å². The number of phenolic OH excluding ortho intramolecular Hbond substituents is 3. The summed E-state index contributed by atoms with van der Waals surface area (Å²) in [5, 5.41) is 26.6. The summed E-state index contributed by atoms with van der Waals surface area (Å²) >= 11 is 0. The Balaban J connectivity index is 0.000000381. The van der Waals surface area contributed by atoms with E-state index in [1.807, 2.05) is 13.8 Å². The number of aldehydes is 3. The Morgan fingerprint density at radius 3 is 1.57 bits per heavy atom. The summed E-state index contributed by atoms with van der Waals surface area (Å²) in [5.41, 5.74) is 0.856. The molecule has 2 aromatic rings. The van der Waals surface area contributed by atoms with Gasteiger partial charge < -0.3 is 15.3 Å². The van der Waals surface area contributed by atoms with Crippen LogP contribution in [0.1, 0.15) is 44.9 Å². The van der Waals surface area contributed by atoms with Gasteiger partial charge in [-0.2, -0.15) is 0 Å². The molecule has 2 aromatic carbocycles. The van der Waals surface area contributed by atoms with Gasteiger partial charge in [0.1, 0.15) is 18.3 Å². The standard InChI is InChI=1S/C8H6O3.C7H6O3.C2H6/c9-4-6-1-2-8(11)7(3-6)5-10;8-4-5-1-2-6(9)7(10)3-5;1-2/h1-5,11H;1-4,9-10H;1-2H3. The van der Waals surface area contributed by atoms with Crippen molar-refractivity contribution in [2.75, 3.05) is 0 Å². The average molecular weight is 318 g/mol. The van der Waals surface area contributed by atoms with E-state index in [1.165, 1.54) is 36.4 Å². The summed E-state index contributed by atoms with van der Waals surface area (Å²) < 4.78 is 0. The molecule has 0 aliphatic heterocycles. The number of aromatic hydroxyl groups is 3. The molecule has 0 saturated heterocycles. The van der Waals surface area contributed by atoms with Gasteiger partial charge in [-0.25, -0.2) is 0 Å². The van der Waals surface area contributed by atoms with Gasteiger partial charge in [0.05, 0.1) is 5.56 Å². The monoisotopic (exact) mass is 318 g/mol. The van der Waals surface area contributed by atoms with Gasteiger partial charge in [-0.3, -0.25) is 14.4 Å². The molecule has 2 rings (SSSR count). The number of carbonyl (C=O) groups excluding carboxylic acids is 3. The molecule has 23 heavy (non-hydrogen) atoms. The first kappa shape index (κ1) is 19.9. The minimum Gasteiger partial charge on any atom is -0.507 e. The maximum Gasteiger partial charge on any atom is 0.158 e. The largest absolute Gasteiger partial charge is 0.507 e. The average Bonchev–Trinajstić information content (AvgIpc) is 2.60. The molecule has 0 spiro atoms. The van der Waals surface area contributed by atoms with E-state index in [2.05, 4.69) is 0 Å². The molecule has 0 heterocycles. The van der Waals surface area contributed by atoms with Crippen molar-refractivity contribution in [1.29, 1.82) is 0 Å². The fourth-order valence-electron chi connectivity index (χ4n) is 1.35. The quantitative estimate of drug-likeness (QED) is 0.592. The van der Waals surface area contributed by atoms with Gasteiger partial charge >= 0.3 is 0 Å². The van der Waals surface area contributed by atoms with Crippen molar-refractivity contribution in [3.8, 4) is 17.2 Å². The second-order valence-electron chi connectivity index (χ2n) is 3.92. The summed E-state index contributed by atoms with van der Waals surface area (Å²) in [5.74, 6) is -0.596. The molecule has 0 amide bonds. The van der Waals surface area contributed by atoms with E-state index in [1.54, 1.807) is 0 Å². The molecule has 0 bridgehead atoms. The second kappa shape index (κ2) is 10.6. The van der Waals surface area contributed by atoms with Gasteiger partial charge in [0, 0.05) is 11.1 Å². The second-order valence-corrected chi connectivity index (χ2v) is 3.92. The van der Waals surface area contributed by atoms with Crippen molar-refractivity contribution in [2.45, 2.75) is 13.8 Å². The lowest BCUT2D eigenvalue weighted by atomic mass is 10.1. The third-order valence-electron chi connectivity index (χ3n) is 2.45. The van der Waals surface area contributed by atoms with Gasteiger partial charge in [0.15, 0.2) is 17.8 Å². The Morgan fingerprint density at radius 2 is 1.13 bits per heavy atom. The molecule has 3 N–H and O–H groups in total. The lowest BCUT2D eigenvalue weighted by Gasteiger charge is -1.95. The van der Waals surface area contributed by atoms with Crippen molar-refractivity contribution < 1.29 is 29.7 Å². The summed E-state index contributed by atoms with van der Waals surface area (Å²) in [6.07, 6.45) is 1.72. The first-order valence-corrected chi connectivity index (χ1v) is 6.72. The van der Waals surface area contributed by atoms with Crippen LogP contribution in [0, 0.1) is 0 Å². The smallest absolute Gasteiger partial charge is 0.158 e. The van der Waals surface area contributed by atoms with Crippen LogP contribution in [-0.4, -0.2) is 34.2 Å². The maximum atomic E-state index is 10.2. The number of rotatable bonds is 3. The molecule has 6 heteroatoms. The molecule has 0 unspecified atom stereocenters.